The van der Waals surface area contributed by atoms with Gasteiger partial charge in [0.1, 0.15) is 5.75 Å². The molecule has 0 aliphatic rings. The third-order valence-corrected chi connectivity index (χ3v) is 3.61. The van der Waals surface area contributed by atoms with Crippen molar-refractivity contribution in [2.24, 2.45) is 7.05 Å². The number of nitrogens with one attached hydrogen (secondary N) is 1. The molecule has 0 fully saturated rings. The third kappa shape index (κ3) is 2.54. The molecular formula is C16H18N4O. The molecule has 5 nitrogen and oxygen atoms in total. The van der Waals surface area contributed by atoms with Crippen molar-refractivity contribution in [3.8, 4) is 5.75 Å². The van der Waals surface area contributed by atoms with E-state index in [0.717, 1.165) is 33.5 Å². The minimum atomic E-state index is 0.314. The molecule has 0 saturated carbocycles. The van der Waals surface area contributed by atoms with Crippen LogP contribution in [0.4, 0.5) is 5.69 Å². The summed E-state index contributed by atoms with van der Waals surface area (Å²) >= 11 is 0. The van der Waals surface area contributed by atoms with E-state index in [4.69, 9.17) is 0 Å². The zero-order valence-electron chi connectivity index (χ0n) is 12.4. The SMILES string of the molecule is Cc1cc(NCc2cnc3c(c2)c(C)nn3C)ccc1O. The summed E-state index contributed by atoms with van der Waals surface area (Å²) in [5.41, 5.74) is 4.83. The molecule has 3 aromatic rings. The molecule has 1 aromatic carbocycles. The van der Waals surface area contributed by atoms with Crippen molar-refractivity contribution in [1.29, 1.82) is 0 Å². The number of aromatic hydroxyl groups is 1. The van der Waals surface area contributed by atoms with Crippen LogP contribution in [0.5, 0.6) is 5.75 Å². The molecule has 0 saturated heterocycles. The fourth-order valence-corrected chi connectivity index (χ4v) is 2.42. The Morgan fingerprint density at radius 1 is 1.24 bits per heavy atom. The monoisotopic (exact) mass is 282 g/mol. The Morgan fingerprint density at radius 2 is 2.05 bits per heavy atom. The van der Waals surface area contributed by atoms with Crippen molar-refractivity contribution in [1.82, 2.24) is 14.8 Å². The van der Waals surface area contributed by atoms with Crippen LogP contribution < -0.4 is 5.32 Å². The number of phenolic OH excluding ortho intramolecular Hbond substituents is 1. The van der Waals surface area contributed by atoms with Crippen LogP contribution in [0.1, 0.15) is 16.8 Å². The molecule has 3 rings (SSSR count). The first-order chi connectivity index (χ1) is 10.0. The first-order valence-electron chi connectivity index (χ1n) is 6.86. The zero-order chi connectivity index (χ0) is 15.0. The lowest BCUT2D eigenvalue weighted by atomic mass is 10.2. The topological polar surface area (TPSA) is 63.0 Å². The molecule has 0 aliphatic heterocycles. The average Bonchev–Trinajstić information content (AvgIpc) is 2.75. The van der Waals surface area contributed by atoms with Crippen LogP contribution >= 0.6 is 0 Å². The summed E-state index contributed by atoms with van der Waals surface area (Å²) in [6.45, 7) is 4.55. The lowest BCUT2D eigenvalue weighted by Gasteiger charge is -2.08. The number of nitrogens with zero attached hydrogens (tertiary/aromatic N) is 3. The number of aromatic nitrogens is 3. The third-order valence-electron chi connectivity index (χ3n) is 3.61. The van der Waals surface area contributed by atoms with E-state index in [2.05, 4.69) is 21.5 Å². The van der Waals surface area contributed by atoms with Gasteiger partial charge >= 0.3 is 0 Å². The van der Waals surface area contributed by atoms with Crippen LogP contribution in [0.25, 0.3) is 11.0 Å². The van der Waals surface area contributed by atoms with Gasteiger partial charge in [-0.05, 0) is 49.2 Å². The highest BCUT2D eigenvalue weighted by Gasteiger charge is 2.07. The maximum atomic E-state index is 9.53. The summed E-state index contributed by atoms with van der Waals surface area (Å²) in [5.74, 6) is 0.314. The molecule has 0 spiro atoms. The molecule has 21 heavy (non-hydrogen) atoms. The highest BCUT2D eigenvalue weighted by atomic mass is 16.3. The van der Waals surface area contributed by atoms with E-state index >= 15 is 0 Å². The Balaban J connectivity index is 1.81. The molecule has 2 heterocycles. The van der Waals surface area contributed by atoms with Crippen molar-refractivity contribution in [3.63, 3.8) is 0 Å². The van der Waals surface area contributed by atoms with Crippen molar-refractivity contribution < 1.29 is 5.11 Å². The number of anilines is 1. The van der Waals surface area contributed by atoms with Gasteiger partial charge in [0.2, 0.25) is 0 Å². The minimum Gasteiger partial charge on any atom is -0.508 e. The van der Waals surface area contributed by atoms with Gasteiger partial charge in [-0.15, -0.1) is 0 Å². The smallest absolute Gasteiger partial charge is 0.157 e. The molecule has 0 atom stereocenters. The van der Waals surface area contributed by atoms with Crippen LogP contribution in [0.3, 0.4) is 0 Å². The van der Waals surface area contributed by atoms with E-state index in [1.165, 1.54) is 0 Å². The largest absolute Gasteiger partial charge is 0.508 e. The van der Waals surface area contributed by atoms with Gasteiger partial charge < -0.3 is 10.4 Å². The highest BCUT2D eigenvalue weighted by molar-refractivity contribution is 5.78. The molecule has 2 aromatic heterocycles. The molecule has 2 N–H and O–H groups in total. The van der Waals surface area contributed by atoms with Gasteiger partial charge in [0.25, 0.3) is 0 Å². The summed E-state index contributed by atoms with van der Waals surface area (Å²) in [6, 6.07) is 7.61. The van der Waals surface area contributed by atoms with Crippen molar-refractivity contribution in [2.45, 2.75) is 20.4 Å². The van der Waals surface area contributed by atoms with E-state index in [0.29, 0.717) is 12.3 Å². The molecule has 0 bridgehead atoms. The second-order valence-corrected chi connectivity index (χ2v) is 5.28. The van der Waals surface area contributed by atoms with Crippen LogP contribution in [0.2, 0.25) is 0 Å². The normalized spacial score (nSPS) is 11.0. The Hall–Kier alpha value is -2.56. The van der Waals surface area contributed by atoms with Gasteiger partial charge in [-0.2, -0.15) is 5.10 Å². The van der Waals surface area contributed by atoms with Gasteiger partial charge in [0.05, 0.1) is 5.69 Å². The molecule has 0 amide bonds. The van der Waals surface area contributed by atoms with Crippen LogP contribution in [-0.2, 0) is 13.6 Å². The predicted molar refractivity (Wildman–Crippen MR) is 83.4 cm³/mol. The van der Waals surface area contributed by atoms with Crippen molar-refractivity contribution in [3.05, 3.63) is 47.3 Å². The summed E-state index contributed by atoms with van der Waals surface area (Å²) in [5, 5.41) is 18.3. The van der Waals surface area contributed by atoms with Gasteiger partial charge in [0, 0.05) is 30.9 Å². The van der Waals surface area contributed by atoms with Gasteiger partial charge in [-0.25, -0.2) is 4.98 Å². The Morgan fingerprint density at radius 3 is 2.81 bits per heavy atom. The number of benzene rings is 1. The summed E-state index contributed by atoms with van der Waals surface area (Å²) < 4.78 is 1.80. The Bertz CT molecular complexity index is 807. The lowest BCUT2D eigenvalue weighted by Crippen LogP contribution is -2.00. The lowest BCUT2D eigenvalue weighted by molar-refractivity contribution is 0.471. The maximum absolute atomic E-state index is 9.53. The number of hydrogen-bond donors (Lipinski definition) is 2. The van der Waals surface area contributed by atoms with Gasteiger partial charge in [-0.1, -0.05) is 0 Å². The Kier molecular flexibility index (Phi) is 3.25. The number of aryl methyl sites for hydroxylation is 3. The molecule has 0 aliphatic carbocycles. The van der Waals surface area contributed by atoms with Gasteiger partial charge in [0.15, 0.2) is 5.65 Å². The van der Waals surface area contributed by atoms with E-state index in [9.17, 15) is 5.11 Å². The number of phenols is 1. The number of fused-ring (bicyclic) bond motifs is 1. The molecule has 0 radical (unpaired) electrons. The second kappa shape index (κ2) is 5.09. The van der Waals surface area contributed by atoms with E-state index in [-0.39, 0.29) is 0 Å². The fraction of sp³-hybridized carbons (Fsp3) is 0.250. The summed E-state index contributed by atoms with van der Waals surface area (Å²) in [6.07, 6.45) is 1.86. The quantitative estimate of drug-likeness (QED) is 0.725. The van der Waals surface area contributed by atoms with Crippen molar-refractivity contribution in [2.75, 3.05) is 5.32 Å². The summed E-state index contributed by atoms with van der Waals surface area (Å²) in [4.78, 5) is 4.47. The zero-order valence-corrected chi connectivity index (χ0v) is 12.4. The highest BCUT2D eigenvalue weighted by Crippen LogP contribution is 2.21. The number of pyridine rings is 1. The van der Waals surface area contributed by atoms with E-state index in [1.54, 1.807) is 10.7 Å². The standard InChI is InChI=1S/C16H18N4O/c1-10-6-13(4-5-15(10)21)17-8-12-7-14-11(2)19-20(3)16(14)18-9-12/h4-7,9,17,21H,8H2,1-3H3. The van der Waals surface area contributed by atoms with Gasteiger partial charge in [-0.3, -0.25) is 4.68 Å². The Labute approximate surface area is 123 Å². The number of rotatable bonds is 3. The average molecular weight is 282 g/mol. The molecule has 5 heteroatoms. The molecule has 0 unspecified atom stereocenters. The molecule has 108 valence electrons. The fourth-order valence-electron chi connectivity index (χ4n) is 2.42. The van der Waals surface area contributed by atoms with Crippen molar-refractivity contribution >= 4 is 16.7 Å². The maximum Gasteiger partial charge on any atom is 0.157 e. The van der Waals surface area contributed by atoms with Crippen LogP contribution in [0, 0.1) is 13.8 Å². The van der Waals surface area contributed by atoms with Crippen LogP contribution in [0.15, 0.2) is 30.5 Å². The first kappa shape index (κ1) is 13.4. The number of hydrogen-bond acceptors (Lipinski definition) is 4. The first-order valence-corrected chi connectivity index (χ1v) is 6.86. The van der Waals surface area contributed by atoms with Crippen LogP contribution in [-0.4, -0.2) is 19.9 Å². The predicted octanol–water partition coefficient (Wildman–Crippen LogP) is 2.90. The molecular weight excluding hydrogens is 264 g/mol. The second-order valence-electron chi connectivity index (χ2n) is 5.28. The summed E-state index contributed by atoms with van der Waals surface area (Å²) in [7, 11) is 1.90. The minimum absolute atomic E-state index is 0.314. The van der Waals surface area contributed by atoms with E-state index < -0.39 is 0 Å². The van der Waals surface area contributed by atoms with E-state index in [1.807, 2.05) is 39.2 Å².